The third-order valence-electron chi connectivity index (χ3n) is 3.64. The monoisotopic (exact) mass is 463 g/mol. The normalized spacial score (nSPS) is 15.1. The van der Waals surface area contributed by atoms with Crippen LogP contribution in [0.25, 0.3) is 6.08 Å². The van der Waals surface area contributed by atoms with E-state index in [0.717, 1.165) is 31.7 Å². The predicted molar refractivity (Wildman–Crippen MR) is 118 cm³/mol. The van der Waals surface area contributed by atoms with E-state index in [0.29, 0.717) is 30.4 Å². The Balaban J connectivity index is 1.88. The summed E-state index contributed by atoms with van der Waals surface area (Å²) in [6.07, 6.45) is 3.68. The average Bonchev–Trinajstić information content (AvgIpc) is 3.02. The Morgan fingerprint density at radius 2 is 2.00 bits per heavy atom. The number of hydrogen-bond acceptors (Lipinski definition) is 6. The highest BCUT2D eigenvalue weighted by Gasteiger charge is 2.22. The van der Waals surface area contributed by atoms with Gasteiger partial charge in [0.1, 0.15) is 16.7 Å². The van der Waals surface area contributed by atoms with E-state index in [1.165, 1.54) is 11.8 Å². The Hall–Kier alpha value is -1.70. The molecule has 1 aliphatic heterocycles. The van der Waals surface area contributed by atoms with Gasteiger partial charge in [0.25, 0.3) is 0 Å². The molecule has 0 bridgehead atoms. The standard InChI is InChI=1S/C20H18BrNO3S2/c1-3-24-17-11-14(10-16-19(23)27-20(22-16)26-2)9-15(21)18(17)25-12-13-7-5-4-6-8-13/h4-11H,3,12H2,1-2H3/b16-10-. The van der Waals surface area contributed by atoms with Crippen LogP contribution in [0.2, 0.25) is 0 Å². The van der Waals surface area contributed by atoms with Crippen LogP contribution in [-0.4, -0.2) is 22.4 Å². The van der Waals surface area contributed by atoms with Crippen molar-refractivity contribution in [3.8, 4) is 11.5 Å². The van der Waals surface area contributed by atoms with Gasteiger partial charge >= 0.3 is 0 Å². The van der Waals surface area contributed by atoms with Gasteiger partial charge in [-0.25, -0.2) is 4.99 Å². The highest BCUT2D eigenvalue weighted by atomic mass is 79.9. The van der Waals surface area contributed by atoms with E-state index in [9.17, 15) is 4.79 Å². The minimum Gasteiger partial charge on any atom is -0.490 e. The second-order valence-electron chi connectivity index (χ2n) is 5.54. The van der Waals surface area contributed by atoms with Gasteiger partial charge in [-0.3, -0.25) is 4.79 Å². The van der Waals surface area contributed by atoms with Crippen molar-refractivity contribution in [2.45, 2.75) is 13.5 Å². The fourth-order valence-corrected chi connectivity index (χ4v) is 4.27. The Bertz CT molecular complexity index is 898. The Labute approximate surface area is 175 Å². The predicted octanol–water partition coefficient (Wildman–Crippen LogP) is 5.76. The summed E-state index contributed by atoms with van der Waals surface area (Å²) in [5.41, 5.74) is 2.34. The molecule has 0 amide bonds. The van der Waals surface area contributed by atoms with E-state index >= 15 is 0 Å². The van der Waals surface area contributed by atoms with Crippen molar-refractivity contribution in [2.75, 3.05) is 12.9 Å². The van der Waals surface area contributed by atoms with Gasteiger partial charge < -0.3 is 9.47 Å². The second kappa shape index (κ2) is 9.48. The fraction of sp³-hybridized carbons (Fsp3) is 0.200. The van der Waals surface area contributed by atoms with Crippen molar-refractivity contribution >= 4 is 55.0 Å². The van der Waals surface area contributed by atoms with Gasteiger partial charge in [0.2, 0.25) is 5.12 Å². The molecule has 0 aromatic heterocycles. The maximum Gasteiger partial charge on any atom is 0.244 e. The largest absolute Gasteiger partial charge is 0.490 e. The number of carbonyl (C=O) groups excluding carboxylic acids is 1. The molecule has 0 N–H and O–H groups in total. The quantitative estimate of drug-likeness (QED) is 0.509. The minimum atomic E-state index is -0.0437. The maximum absolute atomic E-state index is 12.1. The molecule has 0 atom stereocenters. The van der Waals surface area contributed by atoms with E-state index in [-0.39, 0.29) is 5.12 Å². The molecule has 1 heterocycles. The number of ether oxygens (including phenoxy) is 2. The van der Waals surface area contributed by atoms with Gasteiger partial charge in [-0.15, -0.1) is 11.8 Å². The zero-order valence-electron chi connectivity index (χ0n) is 14.9. The number of rotatable bonds is 6. The first kappa shape index (κ1) is 20.0. The van der Waals surface area contributed by atoms with Crippen LogP contribution in [0.4, 0.5) is 0 Å². The SMILES string of the molecule is CCOc1cc(/C=C2\N=C(SC)SC2=O)cc(Br)c1OCc1ccccc1. The van der Waals surface area contributed by atoms with Crippen LogP contribution in [0.15, 0.2) is 57.6 Å². The zero-order valence-corrected chi connectivity index (χ0v) is 18.1. The van der Waals surface area contributed by atoms with Crippen molar-refractivity contribution in [2.24, 2.45) is 4.99 Å². The number of halogens is 1. The highest BCUT2D eigenvalue weighted by Crippen LogP contribution is 2.39. The lowest BCUT2D eigenvalue weighted by atomic mass is 10.1. The molecular weight excluding hydrogens is 446 g/mol. The molecule has 27 heavy (non-hydrogen) atoms. The van der Waals surface area contributed by atoms with Gasteiger partial charge in [0, 0.05) is 0 Å². The van der Waals surface area contributed by atoms with Crippen LogP contribution in [0.1, 0.15) is 18.1 Å². The minimum absolute atomic E-state index is 0.0437. The summed E-state index contributed by atoms with van der Waals surface area (Å²) in [6, 6.07) is 13.7. The van der Waals surface area contributed by atoms with Crippen LogP contribution in [0.5, 0.6) is 11.5 Å². The lowest BCUT2D eigenvalue weighted by Crippen LogP contribution is -2.01. The topological polar surface area (TPSA) is 47.9 Å². The molecule has 1 aliphatic rings. The van der Waals surface area contributed by atoms with Crippen molar-refractivity contribution in [3.63, 3.8) is 0 Å². The molecule has 3 rings (SSSR count). The Morgan fingerprint density at radius 3 is 2.67 bits per heavy atom. The summed E-state index contributed by atoms with van der Waals surface area (Å²) < 4.78 is 13.3. The van der Waals surface area contributed by atoms with Crippen LogP contribution in [0.3, 0.4) is 0 Å². The molecule has 4 nitrogen and oxygen atoms in total. The van der Waals surface area contributed by atoms with E-state index in [1.807, 2.05) is 55.6 Å². The number of hydrogen-bond donors (Lipinski definition) is 0. The Kier molecular flexibility index (Phi) is 7.04. The van der Waals surface area contributed by atoms with Crippen LogP contribution in [0, 0.1) is 0 Å². The number of nitrogens with zero attached hydrogens (tertiary/aromatic N) is 1. The summed E-state index contributed by atoms with van der Waals surface area (Å²) in [4.78, 5) is 16.4. The van der Waals surface area contributed by atoms with E-state index in [4.69, 9.17) is 9.47 Å². The lowest BCUT2D eigenvalue weighted by Gasteiger charge is -2.15. The first-order valence-electron chi connectivity index (χ1n) is 8.30. The molecular formula is C20H18BrNO3S2. The number of thioether (sulfide) groups is 2. The van der Waals surface area contributed by atoms with Gasteiger partial charge in [0.05, 0.1) is 11.1 Å². The molecule has 0 spiro atoms. The van der Waals surface area contributed by atoms with Crippen molar-refractivity contribution in [1.29, 1.82) is 0 Å². The van der Waals surface area contributed by atoms with Gasteiger partial charge in [-0.1, -0.05) is 30.3 Å². The average molecular weight is 464 g/mol. The van der Waals surface area contributed by atoms with Crippen LogP contribution < -0.4 is 9.47 Å². The first-order valence-corrected chi connectivity index (χ1v) is 11.1. The lowest BCUT2D eigenvalue weighted by molar-refractivity contribution is -0.107. The molecule has 7 heteroatoms. The zero-order chi connectivity index (χ0) is 19.2. The van der Waals surface area contributed by atoms with Crippen molar-refractivity contribution < 1.29 is 14.3 Å². The molecule has 0 aliphatic carbocycles. The molecule has 0 saturated carbocycles. The fourth-order valence-electron chi connectivity index (χ4n) is 2.44. The summed E-state index contributed by atoms with van der Waals surface area (Å²) in [6.45, 7) is 2.88. The van der Waals surface area contributed by atoms with Crippen molar-refractivity contribution in [1.82, 2.24) is 0 Å². The number of aliphatic imine (C=N–C) groups is 1. The third kappa shape index (κ3) is 5.18. The van der Waals surface area contributed by atoms with Gasteiger partial charge in [-0.05, 0) is 70.2 Å². The molecule has 2 aromatic rings. The second-order valence-corrected chi connectivity index (χ2v) is 8.41. The van der Waals surface area contributed by atoms with E-state index < -0.39 is 0 Å². The summed E-state index contributed by atoms with van der Waals surface area (Å²) in [5.74, 6) is 1.27. The van der Waals surface area contributed by atoms with Crippen molar-refractivity contribution in [3.05, 3.63) is 63.8 Å². The third-order valence-corrected chi connectivity index (χ3v) is 6.08. The highest BCUT2D eigenvalue weighted by molar-refractivity contribution is 9.10. The summed E-state index contributed by atoms with van der Waals surface area (Å²) in [7, 11) is 0. The summed E-state index contributed by atoms with van der Waals surface area (Å²) >= 11 is 6.20. The molecule has 0 fully saturated rings. The molecule has 0 radical (unpaired) electrons. The smallest absolute Gasteiger partial charge is 0.244 e. The molecule has 0 unspecified atom stereocenters. The van der Waals surface area contributed by atoms with Crippen LogP contribution in [-0.2, 0) is 11.4 Å². The molecule has 140 valence electrons. The van der Waals surface area contributed by atoms with E-state index in [2.05, 4.69) is 20.9 Å². The number of benzene rings is 2. The Morgan fingerprint density at radius 1 is 1.22 bits per heavy atom. The maximum atomic E-state index is 12.1. The molecule has 0 saturated heterocycles. The first-order chi connectivity index (χ1) is 13.1. The summed E-state index contributed by atoms with van der Waals surface area (Å²) in [5, 5.41) is -0.0437. The van der Waals surface area contributed by atoms with Gasteiger partial charge in [0.15, 0.2) is 11.5 Å². The number of carbonyl (C=O) groups is 1. The van der Waals surface area contributed by atoms with Gasteiger partial charge in [-0.2, -0.15) is 0 Å². The van der Waals surface area contributed by atoms with E-state index in [1.54, 1.807) is 6.08 Å². The van der Waals surface area contributed by atoms with Crippen LogP contribution >= 0.6 is 39.5 Å². The molecule has 2 aromatic carbocycles.